The molecular formula is C28H29N. The Hall–Kier alpha value is -2.54. The molecule has 0 heterocycles. The minimum atomic E-state index is 0.155. The molecule has 3 aliphatic rings. The highest BCUT2D eigenvalue weighted by Gasteiger charge is 2.79. The summed E-state index contributed by atoms with van der Waals surface area (Å²) >= 11 is 0. The molecule has 2 fully saturated rings. The van der Waals surface area contributed by atoms with Gasteiger partial charge in [-0.2, -0.15) is 0 Å². The lowest BCUT2D eigenvalue weighted by Gasteiger charge is -2.36. The van der Waals surface area contributed by atoms with Crippen LogP contribution in [0.25, 0.3) is 11.1 Å². The number of nitrogens with one attached hydrogen (secondary N) is 1. The van der Waals surface area contributed by atoms with Gasteiger partial charge in [0.2, 0.25) is 0 Å². The standard InChI is InChI=1S/C28H29N/c1-4-19-17-28(27(3)18-26(19,27)2)24-13-9-8-12-22(24)23-15-14-21(16-25(23)28)29-20-10-6-5-7-11-20/h5-16,19,29H,4,17-18H2,1-3H3. The van der Waals surface area contributed by atoms with E-state index in [0.29, 0.717) is 10.8 Å². The van der Waals surface area contributed by atoms with E-state index in [1.54, 1.807) is 11.1 Å². The Bertz CT molecular complexity index is 1120. The molecule has 1 nitrogen and oxygen atoms in total. The molecule has 3 aliphatic carbocycles. The van der Waals surface area contributed by atoms with Crippen LogP contribution in [0.4, 0.5) is 11.4 Å². The highest BCUT2D eigenvalue weighted by atomic mass is 14.9. The smallest absolute Gasteiger partial charge is 0.0387 e. The minimum Gasteiger partial charge on any atom is -0.356 e. The van der Waals surface area contributed by atoms with Crippen LogP contribution < -0.4 is 5.32 Å². The lowest BCUT2D eigenvalue weighted by Crippen LogP contribution is -2.32. The van der Waals surface area contributed by atoms with E-state index in [2.05, 4.69) is 98.9 Å². The van der Waals surface area contributed by atoms with Gasteiger partial charge in [0.15, 0.2) is 0 Å². The summed E-state index contributed by atoms with van der Waals surface area (Å²) in [6.45, 7) is 7.53. The number of hydrogen-bond donors (Lipinski definition) is 1. The second-order valence-corrected chi connectivity index (χ2v) is 9.94. The predicted octanol–water partition coefficient (Wildman–Crippen LogP) is 7.54. The molecule has 0 aliphatic heterocycles. The summed E-state index contributed by atoms with van der Waals surface area (Å²) in [6, 6.07) is 26.8. The van der Waals surface area contributed by atoms with Crippen LogP contribution in [0.3, 0.4) is 0 Å². The predicted molar refractivity (Wildman–Crippen MR) is 122 cm³/mol. The van der Waals surface area contributed by atoms with Gasteiger partial charge in [-0.25, -0.2) is 0 Å². The maximum Gasteiger partial charge on any atom is 0.0387 e. The molecule has 29 heavy (non-hydrogen) atoms. The van der Waals surface area contributed by atoms with Crippen molar-refractivity contribution in [2.75, 3.05) is 5.32 Å². The fourth-order valence-corrected chi connectivity index (χ4v) is 7.29. The van der Waals surface area contributed by atoms with Crippen LogP contribution in [0.5, 0.6) is 0 Å². The quantitative estimate of drug-likeness (QED) is 0.495. The van der Waals surface area contributed by atoms with Gasteiger partial charge in [-0.15, -0.1) is 0 Å². The molecular weight excluding hydrogens is 350 g/mol. The fraction of sp³-hybridized carbons (Fsp3) is 0.357. The van der Waals surface area contributed by atoms with E-state index in [-0.39, 0.29) is 5.41 Å². The number of para-hydroxylation sites is 1. The highest BCUT2D eigenvalue weighted by molar-refractivity contribution is 5.85. The third-order valence-corrected chi connectivity index (χ3v) is 8.96. The van der Waals surface area contributed by atoms with Crippen LogP contribution in [0.15, 0.2) is 72.8 Å². The number of rotatable bonds is 3. The van der Waals surface area contributed by atoms with Gasteiger partial charge in [0, 0.05) is 16.8 Å². The SMILES string of the molecule is CCC1CC2(c3ccccc3-c3ccc(Nc4ccccc4)cc32)C2(C)CC12C. The summed E-state index contributed by atoms with van der Waals surface area (Å²) in [5.74, 6) is 0.803. The zero-order chi connectivity index (χ0) is 19.9. The zero-order valence-corrected chi connectivity index (χ0v) is 17.6. The van der Waals surface area contributed by atoms with Gasteiger partial charge < -0.3 is 5.32 Å². The molecule has 146 valence electrons. The van der Waals surface area contributed by atoms with E-state index in [1.807, 2.05) is 0 Å². The van der Waals surface area contributed by atoms with Crippen molar-refractivity contribution in [3.63, 3.8) is 0 Å². The summed E-state index contributed by atoms with van der Waals surface area (Å²) in [4.78, 5) is 0. The van der Waals surface area contributed by atoms with E-state index in [4.69, 9.17) is 0 Å². The fourth-order valence-electron chi connectivity index (χ4n) is 7.29. The monoisotopic (exact) mass is 379 g/mol. The maximum absolute atomic E-state index is 3.64. The van der Waals surface area contributed by atoms with Gasteiger partial charge in [-0.05, 0) is 76.1 Å². The lowest BCUT2D eigenvalue weighted by atomic mass is 9.66. The third kappa shape index (κ3) is 1.96. The Kier molecular flexibility index (Phi) is 3.31. The summed E-state index contributed by atoms with van der Waals surface area (Å²) in [6.07, 6.45) is 3.92. The molecule has 0 radical (unpaired) electrons. The van der Waals surface area contributed by atoms with E-state index in [1.165, 1.54) is 36.1 Å². The van der Waals surface area contributed by atoms with Gasteiger partial charge in [0.1, 0.15) is 0 Å². The van der Waals surface area contributed by atoms with E-state index >= 15 is 0 Å². The molecule has 6 rings (SSSR count). The van der Waals surface area contributed by atoms with Gasteiger partial charge in [0.05, 0.1) is 0 Å². The Morgan fingerprint density at radius 3 is 2.31 bits per heavy atom. The van der Waals surface area contributed by atoms with Gasteiger partial charge >= 0.3 is 0 Å². The normalized spacial score (nSPS) is 33.3. The van der Waals surface area contributed by atoms with Crippen LogP contribution in [0.1, 0.15) is 51.2 Å². The lowest BCUT2D eigenvalue weighted by molar-refractivity contribution is 0.323. The number of fused-ring (bicyclic) bond motifs is 7. The molecule has 1 spiro atoms. The molecule has 3 aromatic carbocycles. The summed E-state index contributed by atoms with van der Waals surface area (Å²) in [7, 11) is 0. The number of benzene rings is 3. The molecule has 0 aromatic heterocycles. The van der Waals surface area contributed by atoms with Crippen molar-refractivity contribution in [3.8, 4) is 11.1 Å². The van der Waals surface area contributed by atoms with Crippen LogP contribution in [-0.2, 0) is 5.41 Å². The first-order chi connectivity index (χ1) is 14.0. The maximum atomic E-state index is 3.64. The van der Waals surface area contributed by atoms with Gasteiger partial charge in [-0.3, -0.25) is 0 Å². The first kappa shape index (κ1) is 17.3. The zero-order valence-electron chi connectivity index (χ0n) is 17.6. The number of anilines is 2. The average molecular weight is 380 g/mol. The highest BCUT2D eigenvalue weighted by Crippen LogP contribution is 2.85. The Morgan fingerprint density at radius 2 is 1.55 bits per heavy atom. The Morgan fingerprint density at radius 1 is 0.828 bits per heavy atom. The first-order valence-corrected chi connectivity index (χ1v) is 11.1. The molecule has 3 aromatic rings. The van der Waals surface area contributed by atoms with Crippen molar-refractivity contribution in [3.05, 3.63) is 83.9 Å². The van der Waals surface area contributed by atoms with Crippen molar-refractivity contribution in [1.29, 1.82) is 0 Å². The topological polar surface area (TPSA) is 12.0 Å². The number of hydrogen-bond acceptors (Lipinski definition) is 1. The first-order valence-electron chi connectivity index (χ1n) is 11.1. The largest absolute Gasteiger partial charge is 0.356 e. The summed E-state index contributed by atoms with van der Waals surface area (Å²) in [5, 5.41) is 3.64. The molecule has 1 N–H and O–H groups in total. The van der Waals surface area contributed by atoms with E-state index < -0.39 is 0 Å². The van der Waals surface area contributed by atoms with Crippen LogP contribution in [-0.4, -0.2) is 0 Å². The van der Waals surface area contributed by atoms with Crippen molar-refractivity contribution in [2.45, 2.75) is 45.4 Å². The van der Waals surface area contributed by atoms with Crippen molar-refractivity contribution in [2.24, 2.45) is 16.7 Å². The minimum absolute atomic E-state index is 0.155. The van der Waals surface area contributed by atoms with Gasteiger partial charge in [0.25, 0.3) is 0 Å². The van der Waals surface area contributed by atoms with Crippen molar-refractivity contribution < 1.29 is 0 Å². The second-order valence-electron chi connectivity index (χ2n) is 9.94. The molecule has 4 unspecified atom stereocenters. The molecule has 0 saturated heterocycles. The average Bonchev–Trinajstić information content (AvgIpc) is 3.13. The second kappa shape index (κ2) is 5.53. The molecule has 2 saturated carbocycles. The van der Waals surface area contributed by atoms with Gasteiger partial charge in [-0.1, -0.05) is 75.7 Å². The van der Waals surface area contributed by atoms with Crippen LogP contribution in [0, 0.1) is 16.7 Å². The van der Waals surface area contributed by atoms with Crippen molar-refractivity contribution >= 4 is 11.4 Å². The van der Waals surface area contributed by atoms with E-state index in [0.717, 1.165) is 11.6 Å². The van der Waals surface area contributed by atoms with E-state index in [9.17, 15) is 0 Å². The molecule has 0 amide bonds. The summed E-state index contributed by atoms with van der Waals surface area (Å²) in [5.41, 5.74) is 9.38. The van der Waals surface area contributed by atoms with Crippen LogP contribution in [0.2, 0.25) is 0 Å². The Balaban J connectivity index is 1.55. The molecule has 4 atom stereocenters. The molecule has 0 bridgehead atoms. The summed E-state index contributed by atoms with van der Waals surface area (Å²) < 4.78 is 0. The van der Waals surface area contributed by atoms with Crippen LogP contribution >= 0.6 is 0 Å². The Labute approximate surface area is 174 Å². The molecule has 1 heteroatoms. The van der Waals surface area contributed by atoms with Crippen molar-refractivity contribution in [1.82, 2.24) is 0 Å². The third-order valence-electron chi connectivity index (χ3n) is 8.96.